The first-order valence-electron chi connectivity index (χ1n) is 12.0. The highest BCUT2D eigenvalue weighted by molar-refractivity contribution is 5.46. The van der Waals surface area contributed by atoms with E-state index in [0.717, 1.165) is 30.7 Å². The topological polar surface area (TPSA) is 61.7 Å². The van der Waals surface area contributed by atoms with Gasteiger partial charge in [0.15, 0.2) is 0 Å². The molecule has 4 heteroatoms. The fraction of sp³-hybridized carbons (Fsp3) is 0.556. The molecule has 0 heterocycles. The largest absolute Gasteiger partial charge is 0.508 e. The van der Waals surface area contributed by atoms with Crippen LogP contribution in [0, 0.1) is 16.7 Å². The highest BCUT2D eigenvalue weighted by Gasteiger charge is 2.38. The predicted octanol–water partition coefficient (Wildman–Crippen LogP) is 6.82. The third kappa shape index (κ3) is 5.01. The maximum Gasteiger partial charge on any atom is 0.115 e. The summed E-state index contributed by atoms with van der Waals surface area (Å²) in [5, 5.41) is 16.3. The molecule has 2 N–H and O–H groups in total. The maximum atomic E-state index is 10.9. The van der Waals surface area contributed by atoms with E-state index in [1.54, 1.807) is 12.1 Å². The van der Waals surface area contributed by atoms with Crippen LogP contribution in [0.1, 0.15) is 75.3 Å². The van der Waals surface area contributed by atoms with Crippen LogP contribution in [0.2, 0.25) is 0 Å². The third-order valence-electron chi connectivity index (χ3n) is 8.14. The standard InChI is InChI=1S/C27H36N2O2/c1-28-24-10-4-20(5-11-24)2-3-21-16-18-27(19-17-21,23-8-14-26(30)15-9-23)22-6-12-25(29-31)13-7-22/h6-9,12-15,20-21,24,28,30H,2-5,10-11,16-19H2,1H3. The number of nitrogens with zero attached hydrogens (tertiary/aromatic N) is 1. The van der Waals surface area contributed by atoms with Crippen molar-refractivity contribution in [1.82, 2.24) is 5.32 Å². The molecule has 0 unspecified atom stereocenters. The van der Waals surface area contributed by atoms with Gasteiger partial charge in [0.25, 0.3) is 0 Å². The van der Waals surface area contributed by atoms with Crippen LogP contribution in [0.25, 0.3) is 0 Å². The lowest BCUT2D eigenvalue weighted by molar-refractivity contribution is 0.221. The molecule has 0 spiro atoms. The van der Waals surface area contributed by atoms with Gasteiger partial charge in [-0.1, -0.05) is 37.1 Å². The van der Waals surface area contributed by atoms with Crippen molar-refractivity contribution < 1.29 is 5.11 Å². The number of hydrogen-bond donors (Lipinski definition) is 2. The fourth-order valence-electron chi connectivity index (χ4n) is 6.04. The Balaban J connectivity index is 1.43. The van der Waals surface area contributed by atoms with Gasteiger partial charge in [-0.2, -0.15) is 0 Å². The number of phenols is 1. The summed E-state index contributed by atoms with van der Waals surface area (Å²) in [5.41, 5.74) is 2.96. The summed E-state index contributed by atoms with van der Waals surface area (Å²) in [6, 6.07) is 16.3. The SMILES string of the molecule is CNC1CCC(CCC2CCC(c3ccc(O)cc3)(c3ccc(N=O)cc3)CC2)CC1. The van der Waals surface area contributed by atoms with Crippen molar-refractivity contribution in [1.29, 1.82) is 0 Å². The van der Waals surface area contributed by atoms with Gasteiger partial charge in [0.1, 0.15) is 11.4 Å². The Morgan fingerprint density at radius 3 is 1.87 bits per heavy atom. The number of hydrogen-bond acceptors (Lipinski definition) is 4. The molecule has 0 aliphatic heterocycles. The molecule has 4 nitrogen and oxygen atoms in total. The Morgan fingerprint density at radius 2 is 1.35 bits per heavy atom. The molecule has 2 aromatic carbocycles. The summed E-state index contributed by atoms with van der Waals surface area (Å²) >= 11 is 0. The van der Waals surface area contributed by atoms with Crippen molar-refractivity contribution in [3.8, 4) is 5.75 Å². The number of phenolic OH excluding ortho intramolecular Hbond substituents is 1. The fourth-order valence-corrected chi connectivity index (χ4v) is 6.04. The minimum Gasteiger partial charge on any atom is -0.508 e. The molecule has 2 aromatic rings. The van der Waals surface area contributed by atoms with Gasteiger partial charge in [-0.3, -0.25) is 0 Å². The van der Waals surface area contributed by atoms with Crippen LogP contribution >= 0.6 is 0 Å². The molecule has 31 heavy (non-hydrogen) atoms. The van der Waals surface area contributed by atoms with Crippen molar-refractivity contribution in [2.45, 2.75) is 75.7 Å². The quantitative estimate of drug-likeness (QED) is 0.483. The first-order chi connectivity index (χ1) is 15.1. The summed E-state index contributed by atoms with van der Waals surface area (Å²) in [6.07, 6.45) is 12.9. The molecule has 2 aliphatic carbocycles. The molecular formula is C27H36N2O2. The molecule has 0 amide bonds. The van der Waals surface area contributed by atoms with E-state index >= 15 is 0 Å². The summed E-state index contributed by atoms with van der Waals surface area (Å²) in [4.78, 5) is 10.9. The molecule has 0 bridgehead atoms. The zero-order valence-corrected chi connectivity index (χ0v) is 18.7. The maximum absolute atomic E-state index is 10.9. The number of aromatic hydroxyl groups is 1. The first kappa shape index (κ1) is 22.0. The van der Waals surface area contributed by atoms with Crippen molar-refractivity contribution >= 4 is 5.69 Å². The van der Waals surface area contributed by atoms with Crippen LogP contribution in [0.3, 0.4) is 0 Å². The molecule has 166 valence electrons. The summed E-state index contributed by atoms with van der Waals surface area (Å²) < 4.78 is 0. The van der Waals surface area contributed by atoms with Gasteiger partial charge in [-0.25, -0.2) is 0 Å². The van der Waals surface area contributed by atoms with Crippen LogP contribution in [-0.4, -0.2) is 18.2 Å². The number of benzene rings is 2. The normalized spacial score (nSPS) is 28.9. The second-order valence-corrected chi connectivity index (χ2v) is 9.79. The van der Waals surface area contributed by atoms with E-state index < -0.39 is 0 Å². The van der Waals surface area contributed by atoms with E-state index in [9.17, 15) is 10.0 Å². The molecule has 0 radical (unpaired) electrons. The van der Waals surface area contributed by atoms with E-state index in [2.05, 4.69) is 41.8 Å². The summed E-state index contributed by atoms with van der Waals surface area (Å²) in [5.74, 6) is 2.03. The monoisotopic (exact) mass is 420 g/mol. The Morgan fingerprint density at radius 1 is 0.839 bits per heavy atom. The smallest absolute Gasteiger partial charge is 0.115 e. The van der Waals surface area contributed by atoms with E-state index in [1.165, 1.54) is 62.5 Å². The lowest BCUT2D eigenvalue weighted by Gasteiger charge is -2.42. The minimum absolute atomic E-state index is 0.0452. The Labute approximate surface area is 186 Å². The van der Waals surface area contributed by atoms with E-state index in [-0.39, 0.29) is 5.41 Å². The van der Waals surface area contributed by atoms with E-state index in [0.29, 0.717) is 11.4 Å². The molecular weight excluding hydrogens is 384 g/mol. The van der Waals surface area contributed by atoms with Crippen molar-refractivity contribution in [3.63, 3.8) is 0 Å². The average molecular weight is 421 g/mol. The number of rotatable bonds is 7. The van der Waals surface area contributed by atoms with Gasteiger partial charge < -0.3 is 10.4 Å². The number of nitroso groups, excluding NO2 is 1. The zero-order valence-electron chi connectivity index (χ0n) is 18.7. The zero-order chi connectivity index (χ0) is 21.7. The van der Waals surface area contributed by atoms with Crippen LogP contribution in [0.15, 0.2) is 53.7 Å². The number of nitrogens with one attached hydrogen (secondary N) is 1. The highest BCUT2D eigenvalue weighted by Crippen LogP contribution is 2.48. The van der Waals surface area contributed by atoms with Crippen molar-refractivity contribution in [2.75, 3.05) is 7.05 Å². The van der Waals surface area contributed by atoms with Gasteiger partial charge in [0.2, 0.25) is 0 Å². The Kier molecular flexibility index (Phi) is 7.06. The molecule has 0 aromatic heterocycles. The second-order valence-electron chi connectivity index (χ2n) is 9.79. The van der Waals surface area contributed by atoms with Crippen molar-refractivity contribution in [3.05, 3.63) is 64.6 Å². The van der Waals surface area contributed by atoms with Crippen LogP contribution in [-0.2, 0) is 5.41 Å². The molecule has 0 saturated heterocycles. The van der Waals surface area contributed by atoms with Gasteiger partial charge in [0, 0.05) is 11.5 Å². The van der Waals surface area contributed by atoms with Crippen LogP contribution in [0.4, 0.5) is 5.69 Å². The molecule has 2 fully saturated rings. The minimum atomic E-state index is -0.0452. The second kappa shape index (κ2) is 9.95. The lowest BCUT2D eigenvalue weighted by Crippen LogP contribution is -2.33. The first-order valence-corrected chi connectivity index (χ1v) is 12.0. The van der Waals surface area contributed by atoms with Crippen molar-refractivity contribution in [2.24, 2.45) is 17.0 Å². The van der Waals surface area contributed by atoms with Crippen LogP contribution < -0.4 is 5.32 Å². The van der Waals surface area contributed by atoms with E-state index in [1.807, 2.05) is 12.1 Å². The third-order valence-corrected chi connectivity index (χ3v) is 8.14. The van der Waals surface area contributed by atoms with Crippen LogP contribution in [0.5, 0.6) is 5.75 Å². The molecule has 4 rings (SSSR count). The van der Waals surface area contributed by atoms with Gasteiger partial charge in [-0.05, 0) is 111 Å². The summed E-state index contributed by atoms with van der Waals surface area (Å²) in [6.45, 7) is 0. The summed E-state index contributed by atoms with van der Waals surface area (Å²) in [7, 11) is 2.09. The van der Waals surface area contributed by atoms with Gasteiger partial charge >= 0.3 is 0 Å². The predicted molar refractivity (Wildman–Crippen MR) is 127 cm³/mol. The van der Waals surface area contributed by atoms with Gasteiger partial charge in [0.05, 0.1) is 0 Å². The molecule has 0 atom stereocenters. The Bertz CT molecular complexity index is 831. The average Bonchev–Trinajstić information content (AvgIpc) is 2.84. The lowest BCUT2D eigenvalue weighted by atomic mass is 9.62. The van der Waals surface area contributed by atoms with E-state index in [4.69, 9.17) is 0 Å². The molecule has 2 aliphatic rings. The van der Waals surface area contributed by atoms with Gasteiger partial charge in [-0.15, -0.1) is 4.91 Å². The highest BCUT2D eigenvalue weighted by atomic mass is 16.3. The molecule has 2 saturated carbocycles. The Hall–Kier alpha value is -2.20.